The van der Waals surface area contributed by atoms with Crippen LogP contribution in [0.5, 0.6) is 5.75 Å². The summed E-state index contributed by atoms with van der Waals surface area (Å²) in [5.74, 6) is -0.523. The highest BCUT2D eigenvalue weighted by Crippen LogP contribution is 2.29. The van der Waals surface area contributed by atoms with Crippen LogP contribution in [0.3, 0.4) is 0 Å². The van der Waals surface area contributed by atoms with Crippen molar-refractivity contribution in [2.24, 2.45) is 0 Å². The Hall–Kier alpha value is -1.62. The van der Waals surface area contributed by atoms with Gasteiger partial charge in [0.05, 0.1) is 7.11 Å². The number of rotatable bonds is 4. The first-order valence-corrected chi connectivity index (χ1v) is 6.85. The van der Waals surface area contributed by atoms with Crippen molar-refractivity contribution in [1.82, 2.24) is 0 Å². The van der Waals surface area contributed by atoms with Crippen molar-refractivity contribution >= 4 is 21.6 Å². The topological polar surface area (TPSA) is 21.3 Å². The molecule has 5 heteroatoms. The lowest BCUT2D eigenvalue weighted by Crippen LogP contribution is -2.07. The minimum atomic E-state index is -0.409. The fourth-order valence-electron chi connectivity index (χ4n) is 1.93. The predicted molar refractivity (Wildman–Crippen MR) is 79.1 cm³/mol. The molecule has 0 fully saturated rings. The molecule has 1 unspecified atom stereocenters. The van der Waals surface area contributed by atoms with E-state index in [9.17, 15) is 8.78 Å². The van der Waals surface area contributed by atoms with Gasteiger partial charge in [0.1, 0.15) is 5.82 Å². The summed E-state index contributed by atoms with van der Waals surface area (Å²) in [7, 11) is 1.42. The first-order chi connectivity index (χ1) is 9.51. The number of methoxy groups -OCH3 is 1. The number of halogens is 3. The van der Waals surface area contributed by atoms with Crippen LogP contribution in [0, 0.1) is 11.6 Å². The lowest BCUT2D eigenvalue weighted by molar-refractivity contribution is 0.387. The van der Waals surface area contributed by atoms with Crippen molar-refractivity contribution in [1.29, 1.82) is 0 Å². The lowest BCUT2D eigenvalue weighted by atomic mass is 10.1. The van der Waals surface area contributed by atoms with Gasteiger partial charge >= 0.3 is 0 Å². The SMILES string of the molecule is COc1cc(NC(C)c2ccc(F)cc2Br)ccc1F. The fourth-order valence-corrected chi connectivity index (χ4v) is 2.62. The van der Waals surface area contributed by atoms with Crippen LogP contribution < -0.4 is 10.1 Å². The molecule has 0 bridgehead atoms. The van der Waals surface area contributed by atoms with Gasteiger partial charge in [0, 0.05) is 22.3 Å². The number of nitrogens with one attached hydrogen (secondary N) is 1. The van der Waals surface area contributed by atoms with Gasteiger partial charge in [-0.1, -0.05) is 22.0 Å². The molecule has 106 valence electrons. The average Bonchev–Trinajstić information content (AvgIpc) is 2.40. The van der Waals surface area contributed by atoms with Crippen LogP contribution in [0.25, 0.3) is 0 Å². The van der Waals surface area contributed by atoms with Gasteiger partial charge < -0.3 is 10.1 Å². The van der Waals surface area contributed by atoms with E-state index in [0.29, 0.717) is 4.47 Å². The maximum Gasteiger partial charge on any atom is 0.165 e. The zero-order chi connectivity index (χ0) is 14.7. The summed E-state index contributed by atoms with van der Waals surface area (Å²) in [6, 6.07) is 9.02. The van der Waals surface area contributed by atoms with Gasteiger partial charge in [-0.25, -0.2) is 8.78 Å². The molecular weight excluding hydrogens is 328 g/mol. The molecule has 2 rings (SSSR count). The van der Waals surface area contributed by atoms with Crippen LogP contribution in [-0.2, 0) is 0 Å². The summed E-state index contributed by atoms with van der Waals surface area (Å²) >= 11 is 3.34. The molecule has 0 amide bonds. The highest BCUT2D eigenvalue weighted by Gasteiger charge is 2.11. The van der Waals surface area contributed by atoms with E-state index in [1.807, 2.05) is 6.92 Å². The second-order valence-corrected chi connectivity index (χ2v) is 5.24. The van der Waals surface area contributed by atoms with Gasteiger partial charge in [0.15, 0.2) is 11.6 Å². The van der Waals surface area contributed by atoms with E-state index < -0.39 is 5.82 Å². The van der Waals surface area contributed by atoms with Crippen molar-refractivity contribution in [3.05, 3.63) is 58.1 Å². The highest BCUT2D eigenvalue weighted by atomic mass is 79.9. The number of benzene rings is 2. The van der Waals surface area contributed by atoms with E-state index in [-0.39, 0.29) is 17.6 Å². The largest absolute Gasteiger partial charge is 0.494 e. The van der Waals surface area contributed by atoms with Crippen molar-refractivity contribution in [3.63, 3.8) is 0 Å². The first-order valence-electron chi connectivity index (χ1n) is 6.06. The Morgan fingerprint density at radius 3 is 2.55 bits per heavy atom. The second kappa shape index (κ2) is 6.22. The van der Waals surface area contributed by atoms with Crippen LogP contribution in [0.4, 0.5) is 14.5 Å². The zero-order valence-corrected chi connectivity index (χ0v) is 12.7. The number of hydrogen-bond donors (Lipinski definition) is 1. The van der Waals surface area contributed by atoms with Gasteiger partial charge in [-0.15, -0.1) is 0 Å². The molecule has 0 aliphatic heterocycles. The lowest BCUT2D eigenvalue weighted by Gasteiger charge is -2.18. The minimum absolute atomic E-state index is 0.0693. The Morgan fingerprint density at radius 1 is 1.15 bits per heavy atom. The predicted octanol–water partition coefficient (Wildman–Crippen LogP) is 4.91. The fraction of sp³-hybridized carbons (Fsp3) is 0.200. The van der Waals surface area contributed by atoms with Gasteiger partial charge in [0.2, 0.25) is 0 Å². The molecule has 20 heavy (non-hydrogen) atoms. The highest BCUT2D eigenvalue weighted by molar-refractivity contribution is 9.10. The molecule has 0 spiro atoms. The molecule has 0 heterocycles. The minimum Gasteiger partial charge on any atom is -0.494 e. The summed E-state index contributed by atoms with van der Waals surface area (Å²) in [5, 5.41) is 3.22. The molecular formula is C15H14BrF2NO. The summed E-state index contributed by atoms with van der Waals surface area (Å²) in [5.41, 5.74) is 1.64. The van der Waals surface area contributed by atoms with Crippen molar-refractivity contribution in [2.45, 2.75) is 13.0 Å². The van der Waals surface area contributed by atoms with Crippen LogP contribution >= 0.6 is 15.9 Å². The maximum atomic E-state index is 13.3. The summed E-state index contributed by atoms with van der Waals surface area (Å²) in [6.07, 6.45) is 0. The quantitative estimate of drug-likeness (QED) is 0.853. The number of hydrogen-bond acceptors (Lipinski definition) is 2. The third-order valence-electron chi connectivity index (χ3n) is 2.96. The Kier molecular flexibility index (Phi) is 4.60. The molecule has 0 aliphatic carbocycles. The molecule has 0 radical (unpaired) electrons. The molecule has 1 atom stereocenters. The molecule has 0 aromatic heterocycles. The standard InChI is InChI=1S/C15H14BrF2NO/c1-9(12-5-3-10(17)7-13(12)16)19-11-4-6-14(18)15(8-11)20-2/h3-9,19H,1-2H3. The molecule has 1 N–H and O–H groups in total. The molecule has 2 aromatic carbocycles. The maximum absolute atomic E-state index is 13.3. The average molecular weight is 342 g/mol. The Morgan fingerprint density at radius 2 is 1.90 bits per heavy atom. The summed E-state index contributed by atoms with van der Waals surface area (Å²) < 4.78 is 32.0. The molecule has 2 aromatic rings. The van der Waals surface area contributed by atoms with Gasteiger partial charge in [0.25, 0.3) is 0 Å². The van der Waals surface area contributed by atoms with E-state index >= 15 is 0 Å². The van der Waals surface area contributed by atoms with E-state index in [1.165, 1.54) is 25.3 Å². The van der Waals surface area contributed by atoms with Crippen LogP contribution in [0.1, 0.15) is 18.5 Å². The van der Waals surface area contributed by atoms with Crippen LogP contribution in [0.15, 0.2) is 40.9 Å². The smallest absolute Gasteiger partial charge is 0.165 e. The third kappa shape index (κ3) is 3.28. The summed E-state index contributed by atoms with van der Waals surface area (Å²) in [6.45, 7) is 1.94. The zero-order valence-electron chi connectivity index (χ0n) is 11.1. The van der Waals surface area contributed by atoms with Gasteiger partial charge in [-0.3, -0.25) is 0 Å². The second-order valence-electron chi connectivity index (χ2n) is 4.38. The Bertz CT molecular complexity index is 619. The molecule has 0 saturated carbocycles. The van der Waals surface area contributed by atoms with E-state index in [4.69, 9.17) is 4.74 Å². The normalized spacial score (nSPS) is 12.1. The van der Waals surface area contributed by atoms with Crippen LogP contribution in [-0.4, -0.2) is 7.11 Å². The van der Waals surface area contributed by atoms with E-state index in [0.717, 1.165) is 11.3 Å². The van der Waals surface area contributed by atoms with Gasteiger partial charge in [-0.05, 0) is 36.8 Å². The van der Waals surface area contributed by atoms with Crippen molar-refractivity contribution in [3.8, 4) is 5.75 Å². The molecule has 0 aliphatic rings. The molecule has 2 nitrogen and oxygen atoms in total. The van der Waals surface area contributed by atoms with Crippen molar-refractivity contribution in [2.75, 3.05) is 12.4 Å². The molecule has 0 saturated heterocycles. The Labute approximate surface area is 124 Å². The number of anilines is 1. The van der Waals surface area contributed by atoms with Crippen molar-refractivity contribution < 1.29 is 13.5 Å². The van der Waals surface area contributed by atoms with Gasteiger partial charge in [-0.2, -0.15) is 0 Å². The first kappa shape index (κ1) is 14.8. The van der Waals surface area contributed by atoms with E-state index in [2.05, 4.69) is 21.2 Å². The van der Waals surface area contributed by atoms with Crippen LogP contribution in [0.2, 0.25) is 0 Å². The van der Waals surface area contributed by atoms with E-state index in [1.54, 1.807) is 18.2 Å². The Balaban J connectivity index is 2.21. The number of ether oxygens (including phenoxy) is 1. The monoisotopic (exact) mass is 341 g/mol. The third-order valence-corrected chi connectivity index (χ3v) is 3.65. The summed E-state index contributed by atoms with van der Waals surface area (Å²) in [4.78, 5) is 0.